The molecule has 0 fully saturated rings. The Bertz CT molecular complexity index is 311. The third-order valence-corrected chi connectivity index (χ3v) is 2.36. The average molecular weight is 270 g/mol. The molecule has 5 heteroatoms. The van der Waals surface area contributed by atoms with Crippen molar-refractivity contribution in [2.45, 2.75) is 38.4 Å². The van der Waals surface area contributed by atoms with E-state index in [9.17, 15) is 9.59 Å². The van der Waals surface area contributed by atoms with Gasteiger partial charge in [-0.2, -0.15) is 0 Å². The fourth-order valence-electron chi connectivity index (χ4n) is 1.44. The van der Waals surface area contributed by atoms with Crippen molar-refractivity contribution in [3.63, 3.8) is 0 Å². The van der Waals surface area contributed by atoms with E-state index in [2.05, 4.69) is 13.2 Å². The van der Waals surface area contributed by atoms with E-state index in [1.165, 1.54) is 26.2 Å². The van der Waals surface area contributed by atoms with Crippen LogP contribution in [-0.4, -0.2) is 37.9 Å². The first-order valence-electron chi connectivity index (χ1n) is 6.08. The fraction of sp³-hybridized carbons (Fsp3) is 0.571. The molecule has 0 aromatic heterocycles. The number of hydrogen-bond donors (Lipinski definition) is 0. The van der Waals surface area contributed by atoms with Gasteiger partial charge in [-0.3, -0.25) is 4.79 Å². The summed E-state index contributed by atoms with van der Waals surface area (Å²) < 4.78 is 15.5. The highest BCUT2D eigenvalue weighted by molar-refractivity contribution is 5.75. The summed E-state index contributed by atoms with van der Waals surface area (Å²) in [5.41, 5.74) is 0. The second-order valence-electron chi connectivity index (χ2n) is 4.04. The second-order valence-corrected chi connectivity index (χ2v) is 4.04. The van der Waals surface area contributed by atoms with Crippen LogP contribution in [0, 0.1) is 0 Å². The molecule has 0 N–H and O–H groups in total. The Kier molecular flexibility index (Phi) is 9.66. The molecular weight excluding hydrogens is 248 g/mol. The van der Waals surface area contributed by atoms with E-state index in [1.54, 1.807) is 0 Å². The molecule has 19 heavy (non-hydrogen) atoms. The molecule has 0 aliphatic rings. The lowest BCUT2D eigenvalue weighted by Gasteiger charge is -2.24. The van der Waals surface area contributed by atoms with Gasteiger partial charge in [0.15, 0.2) is 0 Å². The zero-order valence-corrected chi connectivity index (χ0v) is 11.6. The topological polar surface area (TPSA) is 61.8 Å². The van der Waals surface area contributed by atoms with Crippen molar-refractivity contribution < 1.29 is 23.8 Å². The smallest absolute Gasteiger partial charge is 0.310 e. The van der Waals surface area contributed by atoms with Crippen molar-refractivity contribution >= 4 is 11.8 Å². The summed E-state index contributed by atoms with van der Waals surface area (Å²) in [7, 11) is 1.49. The van der Waals surface area contributed by atoms with Crippen LogP contribution in [0.3, 0.4) is 0 Å². The van der Waals surface area contributed by atoms with Gasteiger partial charge in [-0.25, -0.2) is 0 Å². The van der Waals surface area contributed by atoms with Gasteiger partial charge in [0, 0.05) is 13.5 Å². The van der Waals surface area contributed by atoms with Crippen LogP contribution in [0.25, 0.3) is 0 Å². The van der Waals surface area contributed by atoms with Crippen molar-refractivity contribution in [2.75, 3.05) is 13.9 Å². The van der Waals surface area contributed by atoms with Gasteiger partial charge >= 0.3 is 5.97 Å². The maximum absolute atomic E-state index is 11.4. The summed E-state index contributed by atoms with van der Waals surface area (Å²) in [6, 6.07) is 0. The van der Waals surface area contributed by atoms with Gasteiger partial charge in [-0.05, 0) is 19.4 Å². The third-order valence-electron chi connectivity index (χ3n) is 2.36. The number of hydrogen-bond acceptors (Lipinski definition) is 5. The lowest BCUT2D eigenvalue weighted by atomic mass is 10.1. The van der Waals surface area contributed by atoms with Crippen molar-refractivity contribution in [1.29, 1.82) is 0 Å². The molecule has 0 rings (SSSR count). The number of esters is 1. The fourth-order valence-corrected chi connectivity index (χ4v) is 1.44. The Labute approximate surface area is 114 Å². The van der Waals surface area contributed by atoms with Gasteiger partial charge in [0.05, 0.1) is 6.42 Å². The average Bonchev–Trinajstić information content (AvgIpc) is 2.36. The summed E-state index contributed by atoms with van der Waals surface area (Å²) in [5.74, 6) is -0.361. The molecule has 5 nitrogen and oxygen atoms in total. The minimum atomic E-state index is -0.609. The number of rotatable bonds is 11. The monoisotopic (exact) mass is 270 g/mol. The Morgan fingerprint density at radius 3 is 2.47 bits per heavy atom. The normalized spacial score (nSPS) is 13.4. The van der Waals surface area contributed by atoms with Crippen LogP contribution in [0.1, 0.15) is 26.2 Å². The third kappa shape index (κ3) is 8.29. The Balaban J connectivity index is 4.55. The van der Waals surface area contributed by atoms with Crippen molar-refractivity contribution in [2.24, 2.45) is 0 Å². The Morgan fingerprint density at radius 2 is 2.00 bits per heavy atom. The number of ketones is 1. The van der Waals surface area contributed by atoms with E-state index < -0.39 is 18.2 Å². The predicted octanol–water partition coefficient (Wildman–Crippen LogP) is 2.02. The summed E-state index contributed by atoms with van der Waals surface area (Å²) in [4.78, 5) is 22.5. The maximum atomic E-state index is 11.4. The maximum Gasteiger partial charge on any atom is 0.310 e. The first-order valence-corrected chi connectivity index (χ1v) is 6.08. The van der Waals surface area contributed by atoms with E-state index in [0.29, 0.717) is 12.8 Å². The second kappa shape index (κ2) is 10.5. The Morgan fingerprint density at radius 1 is 1.32 bits per heavy atom. The summed E-state index contributed by atoms with van der Waals surface area (Å²) in [6.45, 7) is 8.65. The highest BCUT2D eigenvalue weighted by atomic mass is 16.7. The Hall–Kier alpha value is -1.46. The SMILES string of the molecule is C=CCC(=O)O[C@H](C=C)[C@@H](CCC(C)=O)OCOC. The molecule has 0 aliphatic carbocycles. The summed E-state index contributed by atoms with van der Waals surface area (Å²) in [5, 5.41) is 0. The molecule has 0 saturated heterocycles. The van der Waals surface area contributed by atoms with E-state index in [-0.39, 0.29) is 19.0 Å². The van der Waals surface area contributed by atoms with Crippen LogP contribution >= 0.6 is 0 Å². The van der Waals surface area contributed by atoms with Gasteiger partial charge in [0.25, 0.3) is 0 Å². The standard InChI is InChI=1S/C14H22O5/c1-5-7-14(16)19-12(6-2)13(18-10-17-4)9-8-11(3)15/h5-6,12-13H,1-2,7-10H2,3-4H3/t12-,13-/m1/s1. The molecule has 0 saturated carbocycles. The molecule has 0 unspecified atom stereocenters. The molecule has 0 heterocycles. The van der Waals surface area contributed by atoms with Gasteiger partial charge < -0.3 is 19.0 Å². The van der Waals surface area contributed by atoms with E-state index in [4.69, 9.17) is 14.2 Å². The molecule has 0 amide bonds. The number of carbonyl (C=O) groups is 2. The van der Waals surface area contributed by atoms with Gasteiger partial charge in [0.2, 0.25) is 0 Å². The summed E-state index contributed by atoms with van der Waals surface area (Å²) >= 11 is 0. The molecule has 2 atom stereocenters. The first-order chi connectivity index (χ1) is 9.04. The molecule has 0 radical (unpaired) electrons. The number of carbonyl (C=O) groups excluding carboxylic acids is 2. The number of Topliss-reactive ketones (excluding diaryl/α,β-unsaturated/α-hetero) is 1. The van der Waals surface area contributed by atoms with E-state index in [0.717, 1.165) is 0 Å². The van der Waals surface area contributed by atoms with Gasteiger partial charge in [0.1, 0.15) is 24.8 Å². The highest BCUT2D eigenvalue weighted by Crippen LogP contribution is 2.13. The predicted molar refractivity (Wildman–Crippen MR) is 71.6 cm³/mol. The zero-order valence-electron chi connectivity index (χ0n) is 11.6. The van der Waals surface area contributed by atoms with Crippen molar-refractivity contribution in [3.05, 3.63) is 25.3 Å². The van der Waals surface area contributed by atoms with Crippen LogP contribution in [0.2, 0.25) is 0 Å². The van der Waals surface area contributed by atoms with Gasteiger partial charge in [-0.1, -0.05) is 12.7 Å². The van der Waals surface area contributed by atoms with E-state index in [1.807, 2.05) is 0 Å². The lowest BCUT2D eigenvalue weighted by molar-refractivity contribution is -0.159. The number of methoxy groups -OCH3 is 1. The minimum Gasteiger partial charge on any atom is -0.455 e. The highest BCUT2D eigenvalue weighted by Gasteiger charge is 2.23. The van der Waals surface area contributed by atoms with Crippen LogP contribution < -0.4 is 0 Å². The van der Waals surface area contributed by atoms with Gasteiger partial charge in [-0.15, -0.1) is 6.58 Å². The van der Waals surface area contributed by atoms with E-state index >= 15 is 0 Å². The molecule has 0 aromatic rings. The van der Waals surface area contributed by atoms with Crippen LogP contribution in [0.4, 0.5) is 0 Å². The molecule has 0 spiro atoms. The minimum absolute atomic E-state index is 0.0475. The largest absolute Gasteiger partial charge is 0.455 e. The molecular formula is C14H22O5. The molecule has 0 aliphatic heterocycles. The van der Waals surface area contributed by atoms with Crippen molar-refractivity contribution in [1.82, 2.24) is 0 Å². The van der Waals surface area contributed by atoms with Crippen LogP contribution in [0.15, 0.2) is 25.3 Å². The van der Waals surface area contributed by atoms with Crippen LogP contribution in [-0.2, 0) is 23.8 Å². The number of ether oxygens (including phenoxy) is 3. The lowest BCUT2D eigenvalue weighted by Crippen LogP contribution is -2.33. The quantitative estimate of drug-likeness (QED) is 0.326. The molecule has 0 aromatic carbocycles. The zero-order chi connectivity index (χ0) is 14.7. The first kappa shape index (κ1) is 17.5. The molecule has 0 bridgehead atoms. The summed E-state index contributed by atoms with van der Waals surface area (Å²) in [6.07, 6.45) is 2.80. The van der Waals surface area contributed by atoms with Crippen LogP contribution in [0.5, 0.6) is 0 Å². The van der Waals surface area contributed by atoms with Crippen molar-refractivity contribution in [3.8, 4) is 0 Å². The molecule has 108 valence electrons.